The number of benzene rings is 1. The Hall–Kier alpha value is -2.88. The van der Waals surface area contributed by atoms with Crippen molar-refractivity contribution in [2.45, 2.75) is 25.9 Å². The molecule has 0 saturated carbocycles. The molecule has 118 valence electrons. The second-order valence-corrected chi connectivity index (χ2v) is 5.49. The number of nitriles is 1. The van der Waals surface area contributed by atoms with Crippen molar-refractivity contribution in [3.05, 3.63) is 41.5 Å². The number of likely N-dealkylation sites (tertiary alicyclic amines) is 1. The Morgan fingerprint density at radius 2 is 2.22 bits per heavy atom. The van der Waals surface area contributed by atoms with Crippen LogP contribution >= 0.6 is 0 Å². The number of para-hydroxylation sites is 1. The quantitative estimate of drug-likeness (QED) is 0.852. The van der Waals surface area contributed by atoms with Gasteiger partial charge in [-0.15, -0.1) is 0 Å². The smallest absolute Gasteiger partial charge is 0.263 e. The zero-order chi connectivity index (χ0) is 16.4. The summed E-state index contributed by atoms with van der Waals surface area (Å²) in [5.74, 6) is 1.54. The molecule has 1 unspecified atom stereocenters. The number of rotatable bonds is 4. The van der Waals surface area contributed by atoms with Crippen molar-refractivity contribution in [2.24, 2.45) is 0 Å². The Labute approximate surface area is 133 Å². The van der Waals surface area contributed by atoms with Crippen LogP contribution in [0.1, 0.15) is 30.1 Å². The molecule has 0 N–H and O–H groups in total. The minimum Gasteiger partial charge on any atom is -0.480 e. The van der Waals surface area contributed by atoms with Gasteiger partial charge in [0.25, 0.3) is 5.91 Å². The molecule has 0 spiro atoms. The molecule has 1 aromatic carbocycles. The van der Waals surface area contributed by atoms with E-state index in [1.54, 1.807) is 43.0 Å². The molecule has 7 nitrogen and oxygen atoms in total. The van der Waals surface area contributed by atoms with E-state index in [4.69, 9.17) is 14.5 Å². The van der Waals surface area contributed by atoms with Gasteiger partial charge in [-0.2, -0.15) is 10.2 Å². The largest absolute Gasteiger partial charge is 0.480 e. The van der Waals surface area contributed by atoms with E-state index < -0.39 is 6.10 Å². The van der Waals surface area contributed by atoms with Gasteiger partial charge in [0.1, 0.15) is 11.8 Å². The normalized spacial score (nSPS) is 15.6. The second kappa shape index (κ2) is 6.08. The Morgan fingerprint density at radius 3 is 2.87 bits per heavy atom. The second-order valence-electron chi connectivity index (χ2n) is 5.49. The molecule has 1 aliphatic heterocycles. The van der Waals surface area contributed by atoms with Crippen molar-refractivity contribution in [3.63, 3.8) is 0 Å². The number of carbonyl (C=O) groups is 1. The molecule has 1 atom stereocenters. The first-order valence-electron chi connectivity index (χ1n) is 7.33. The maximum absolute atomic E-state index is 12.4. The van der Waals surface area contributed by atoms with Crippen LogP contribution in [0.15, 0.2) is 28.8 Å². The fourth-order valence-corrected chi connectivity index (χ4v) is 2.45. The highest BCUT2D eigenvalue weighted by Gasteiger charge is 2.37. The molecule has 2 aromatic rings. The van der Waals surface area contributed by atoms with E-state index in [9.17, 15) is 4.79 Å². The maximum Gasteiger partial charge on any atom is 0.263 e. The maximum atomic E-state index is 12.4. The molecule has 7 heteroatoms. The number of nitrogens with zero attached hydrogens (tertiary/aromatic N) is 4. The monoisotopic (exact) mass is 312 g/mol. The van der Waals surface area contributed by atoms with Crippen molar-refractivity contribution in [1.82, 2.24) is 15.0 Å². The summed E-state index contributed by atoms with van der Waals surface area (Å²) in [6.45, 7) is 4.51. The first-order valence-corrected chi connectivity index (χ1v) is 7.33. The van der Waals surface area contributed by atoms with Crippen LogP contribution in [0, 0.1) is 18.3 Å². The lowest BCUT2D eigenvalue weighted by Crippen LogP contribution is -2.52. The Bertz CT molecular complexity index is 759. The van der Waals surface area contributed by atoms with E-state index in [1.807, 2.05) is 0 Å². The molecule has 1 aromatic heterocycles. The highest BCUT2D eigenvalue weighted by atomic mass is 16.5. The van der Waals surface area contributed by atoms with Crippen LogP contribution in [-0.4, -0.2) is 40.1 Å². The molecule has 23 heavy (non-hydrogen) atoms. The molecule has 1 aliphatic rings. The van der Waals surface area contributed by atoms with Crippen molar-refractivity contribution >= 4 is 5.91 Å². The molecule has 1 fully saturated rings. The predicted octanol–water partition coefficient (Wildman–Crippen LogP) is 1.64. The summed E-state index contributed by atoms with van der Waals surface area (Å²) in [5, 5.41) is 12.8. The van der Waals surface area contributed by atoms with E-state index in [2.05, 4.69) is 16.2 Å². The first kappa shape index (κ1) is 15.0. The average molecular weight is 312 g/mol. The van der Waals surface area contributed by atoms with Gasteiger partial charge in [0, 0.05) is 13.1 Å². The van der Waals surface area contributed by atoms with E-state index in [1.165, 1.54) is 0 Å². The molecule has 0 aliphatic carbocycles. The van der Waals surface area contributed by atoms with Gasteiger partial charge in [0.2, 0.25) is 5.89 Å². The molecule has 2 heterocycles. The molecule has 0 radical (unpaired) electrons. The standard InChI is InChI=1S/C16H16N4O3/c1-10(22-14-6-4-3-5-12(14)7-17)16(21)20-8-13(9-20)15-18-11(2)19-23-15/h3-6,10,13H,8-9H2,1-2H3. The number of aryl methyl sites for hydroxylation is 1. The number of aromatic nitrogens is 2. The summed E-state index contributed by atoms with van der Waals surface area (Å²) in [4.78, 5) is 18.2. The fourth-order valence-electron chi connectivity index (χ4n) is 2.45. The average Bonchev–Trinajstić information content (AvgIpc) is 2.92. The number of carbonyl (C=O) groups excluding carboxylic acids is 1. The third-order valence-corrected chi connectivity index (χ3v) is 3.74. The van der Waals surface area contributed by atoms with Gasteiger partial charge in [0.15, 0.2) is 11.9 Å². The molecule has 3 rings (SSSR count). The molecule has 0 bridgehead atoms. The van der Waals surface area contributed by atoms with Crippen molar-refractivity contribution < 1.29 is 14.1 Å². The van der Waals surface area contributed by atoms with Gasteiger partial charge >= 0.3 is 0 Å². The Morgan fingerprint density at radius 1 is 1.48 bits per heavy atom. The van der Waals surface area contributed by atoms with Crippen LogP contribution < -0.4 is 4.74 Å². The van der Waals surface area contributed by atoms with Gasteiger partial charge < -0.3 is 14.2 Å². The van der Waals surface area contributed by atoms with Crippen LogP contribution in [0.25, 0.3) is 0 Å². The SMILES string of the molecule is Cc1noc(C2CN(C(=O)C(C)Oc3ccccc3C#N)C2)n1. The number of hydrogen-bond acceptors (Lipinski definition) is 6. The van der Waals surface area contributed by atoms with E-state index in [0.29, 0.717) is 36.1 Å². The van der Waals surface area contributed by atoms with Crippen LogP contribution in [0.5, 0.6) is 5.75 Å². The summed E-state index contributed by atoms with van der Waals surface area (Å²) >= 11 is 0. The van der Waals surface area contributed by atoms with Gasteiger partial charge in [-0.3, -0.25) is 4.79 Å². The number of amides is 1. The van der Waals surface area contributed by atoms with Crippen molar-refractivity contribution in [3.8, 4) is 11.8 Å². The third kappa shape index (κ3) is 3.01. The highest BCUT2D eigenvalue weighted by Crippen LogP contribution is 2.27. The molecular formula is C16H16N4O3. The summed E-state index contributed by atoms with van der Waals surface area (Å²) in [6.07, 6.45) is -0.658. The fraction of sp³-hybridized carbons (Fsp3) is 0.375. The van der Waals surface area contributed by atoms with Crippen LogP contribution in [0.3, 0.4) is 0 Å². The summed E-state index contributed by atoms with van der Waals surface area (Å²) in [6, 6.07) is 8.91. The van der Waals surface area contributed by atoms with Crippen LogP contribution in [0.2, 0.25) is 0 Å². The van der Waals surface area contributed by atoms with E-state index in [-0.39, 0.29) is 11.8 Å². The zero-order valence-electron chi connectivity index (χ0n) is 12.9. The number of ether oxygens (including phenoxy) is 1. The van der Waals surface area contributed by atoms with Gasteiger partial charge in [-0.25, -0.2) is 0 Å². The lowest BCUT2D eigenvalue weighted by Gasteiger charge is -2.38. The lowest BCUT2D eigenvalue weighted by atomic mass is 9.99. The molecule has 1 amide bonds. The van der Waals surface area contributed by atoms with E-state index in [0.717, 1.165) is 0 Å². The van der Waals surface area contributed by atoms with Crippen molar-refractivity contribution in [1.29, 1.82) is 5.26 Å². The minimum absolute atomic E-state index is 0.0822. The van der Waals surface area contributed by atoms with Gasteiger partial charge in [-0.05, 0) is 26.0 Å². The predicted molar refractivity (Wildman–Crippen MR) is 79.6 cm³/mol. The molecule has 1 saturated heterocycles. The van der Waals surface area contributed by atoms with Crippen molar-refractivity contribution in [2.75, 3.05) is 13.1 Å². The van der Waals surface area contributed by atoms with E-state index >= 15 is 0 Å². The summed E-state index contributed by atoms with van der Waals surface area (Å²) in [7, 11) is 0. The summed E-state index contributed by atoms with van der Waals surface area (Å²) in [5.41, 5.74) is 0.412. The first-order chi connectivity index (χ1) is 11.1. The third-order valence-electron chi connectivity index (χ3n) is 3.74. The number of hydrogen-bond donors (Lipinski definition) is 0. The Balaban J connectivity index is 1.58. The van der Waals surface area contributed by atoms with Gasteiger partial charge in [0.05, 0.1) is 11.5 Å². The zero-order valence-corrected chi connectivity index (χ0v) is 12.9. The Kier molecular flexibility index (Phi) is 3.98. The molecular weight excluding hydrogens is 296 g/mol. The topological polar surface area (TPSA) is 92.3 Å². The lowest BCUT2D eigenvalue weighted by molar-refractivity contribution is -0.142. The summed E-state index contributed by atoms with van der Waals surface area (Å²) < 4.78 is 10.8. The van der Waals surface area contributed by atoms with Crippen LogP contribution in [-0.2, 0) is 4.79 Å². The van der Waals surface area contributed by atoms with Gasteiger partial charge in [-0.1, -0.05) is 17.3 Å². The van der Waals surface area contributed by atoms with Crippen LogP contribution in [0.4, 0.5) is 0 Å². The highest BCUT2D eigenvalue weighted by molar-refractivity contribution is 5.82. The minimum atomic E-state index is -0.658.